The van der Waals surface area contributed by atoms with Crippen molar-refractivity contribution in [2.45, 2.75) is 26.7 Å². The fourth-order valence-electron chi connectivity index (χ4n) is 3.76. The summed E-state index contributed by atoms with van der Waals surface area (Å²) in [5.74, 6) is -0.512. The number of carbonyl (C=O) groups excluding carboxylic acids is 1. The lowest BCUT2D eigenvalue weighted by Gasteiger charge is -2.17. The maximum absolute atomic E-state index is 12.6. The van der Waals surface area contributed by atoms with Gasteiger partial charge in [-0.1, -0.05) is 17.4 Å². The molecule has 0 saturated carbocycles. The van der Waals surface area contributed by atoms with Gasteiger partial charge < -0.3 is 10.2 Å². The van der Waals surface area contributed by atoms with Gasteiger partial charge in [0, 0.05) is 24.7 Å². The zero-order valence-corrected chi connectivity index (χ0v) is 18.7. The first-order chi connectivity index (χ1) is 14.8. The largest absolute Gasteiger partial charge is 0.366 e. The molecule has 10 heteroatoms. The van der Waals surface area contributed by atoms with E-state index in [1.807, 2.05) is 24.8 Å². The van der Waals surface area contributed by atoms with E-state index in [1.165, 1.54) is 17.4 Å². The van der Waals surface area contributed by atoms with Gasteiger partial charge >= 0.3 is 0 Å². The Bertz CT molecular complexity index is 1200. The number of hydrogen-bond acceptors (Lipinski definition) is 7. The SMILES string of the molecule is Cc1cc(C)c2nc(NC(=S)NC(=O)c3ccc(N4CCCC4)c([N+](=O)[O-])c3)sc2c1. The number of nitrogens with one attached hydrogen (secondary N) is 2. The lowest BCUT2D eigenvalue weighted by molar-refractivity contribution is -0.384. The third-order valence-electron chi connectivity index (χ3n) is 5.16. The number of nitro benzene ring substituents is 1. The van der Waals surface area contributed by atoms with E-state index >= 15 is 0 Å². The first-order valence-electron chi connectivity index (χ1n) is 9.85. The second-order valence-electron chi connectivity index (χ2n) is 7.51. The van der Waals surface area contributed by atoms with Crippen molar-refractivity contribution in [3.05, 3.63) is 57.1 Å². The normalized spacial score (nSPS) is 13.4. The van der Waals surface area contributed by atoms with E-state index in [4.69, 9.17) is 12.2 Å². The molecular weight excluding hydrogens is 434 g/mol. The zero-order chi connectivity index (χ0) is 22.1. The van der Waals surface area contributed by atoms with Crippen LogP contribution in [0.25, 0.3) is 10.2 Å². The number of aryl methyl sites for hydroxylation is 2. The summed E-state index contributed by atoms with van der Waals surface area (Å²) in [5.41, 5.74) is 3.75. The molecule has 1 aliphatic heterocycles. The molecule has 2 heterocycles. The third kappa shape index (κ3) is 4.49. The van der Waals surface area contributed by atoms with Crippen LogP contribution < -0.4 is 15.5 Å². The molecule has 2 aromatic carbocycles. The number of carbonyl (C=O) groups is 1. The van der Waals surface area contributed by atoms with Gasteiger partial charge in [0.1, 0.15) is 5.69 Å². The Hall–Kier alpha value is -3.11. The van der Waals surface area contributed by atoms with Crippen molar-refractivity contribution in [3.8, 4) is 0 Å². The van der Waals surface area contributed by atoms with Crippen molar-refractivity contribution in [2.24, 2.45) is 0 Å². The van der Waals surface area contributed by atoms with Crippen molar-refractivity contribution < 1.29 is 9.72 Å². The van der Waals surface area contributed by atoms with Gasteiger partial charge in [-0.05, 0) is 68.2 Å². The van der Waals surface area contributed by atoms with Gasteiger partial charge in [-0.3, -0.25) is 20.2 Å². The van der Waals surface area contributed by atoms with Crippen LogP contribution >= 0.6 is 23.6 Å². The Morgan fingerprint density at radius 2 is 1.97 bits per heavy atom. The molecule has 160 valence electrons. The minimum Gasteiger partial charge on any atom is -0.366 e. The number of rotatable bonds is 4. The molecule has 3 aromatic rings. The molecule has 1 fully saturated rings. The van der Waals surface area contributed by atoms with Crippen molar-refractivity contribution >= 4 is 61.3 Å². The zero-order valence-electron chi connectivity index (χ0n) is 17.1. The molecule has 1 aromatic heterocycles. The number of benzene rings is 2. The van der Waals surface area contributed by atoms with Crippen LogP contribution in [-0.2, 0) is 0 Å². The summed E-state index contributed by atoms with van der Waals surface area (Å²) in [5, 5.41) is 17.7. The van der Waals surface area contributed by atoms with E-state index in [0.717, 1.165) is 47.3 Å². The van der Waals surface area contributed by atoms with Gasteiger partial charge in [0.25, 0.3) is 11.6 Å². The maximum Gasteiger partial charge on any atom is 0.293 e. The van der Waals surface area contributed by atoms with Gasteiger partial charge in [-0.2, -0.15) is 0 Å². The van der Waals surface area contributed by atoms with Gasteiger partial charge in [0.05, 0.1) is 15.1 Å². The van der Waals surface area contributed by atoms with E-state index in [1.54, 1.807) is 12.1 Å². The number of aromatic nitrogens is 1. The highest BCUT2D eigenvalue weighted by Crippen LogP contribution is 2.32. The highest BCUT2D eigenvalue weighted by Gasteiger charge is 2.24. The molecule has 0 unspecified atom stereocenters. The smallest absolute Gasteiger partial charge is 0.293 e. The summed E-state index contributed by atoms with van der Waals surface area (Å²) in [7, 11) is 0. The quantitative estimate of drug-likeness (QED) is 0.338. The number of fused-ring (bicyclic) bond motifs is 1. The van der Waals surface area contributed by atoms with Crippen LogP contribution in [0.5, 0.6) is 0 Å². The van der Waals surface area contributed by atoms with Crippen molar-refractivity contribution in [1.82, 2.24) is 10.3 Å². The summed E-state index contributed by atoms with van der Waals surface area (Å²) in [4.78, 5) is 30.3. The summed E-state index contributed by atoms with van der Waals surface area (Å²) in [6.45, 7) is 5.58. The maximum atomic E-state index is 12.6. The van der Waals surface area contributed by atoms with E-state index in [2.05, 4.69) is 21.7 Å². The molecule has 0 atom stereocenters. The highest BCUT2D eigenvalue weighted by atomic mass is 32.1. The second-order valence-corrected chi connectivity index (χ2v) is 8.95. The molecule has 0 radical (unpaired) electrons. The average Bonchev–Trinajstić information content (AvgIpc) is 3.37. The number of nitro groups is 1. The molecule has 1 saturated heterocycles. The third-order valence-corrected chi connectivity index (χ3v) is 6.28. The molecule has 0 spiro atoms. The average molecular weight is 456 g/mol. The summed E-state index contributed by atoms with van der Waals surface area (Å²) >= 11 is 6.70. The molecule has 0 aliphatic carbocycles. The Kier molecular flexibility index (Phi) is 5.84. The molecule has 2 N–H and O–H groups in total. The number of nitrogens with zero attached hydrogens (tertiary/aromatic N) is 3. The summed E-state index contributed by atoms with van der Waals surface area (Å²) in [6.07, 6.45) is 2.01. The predicted molar refractivity (Wildman–Crippen MR) is 127 cm³/mol. The second kappa shape index (κ2) is 8.56. The fraction of sp³-hybridized carbons (Fsp3) is 0.286. The number of amides is 1. The monoisotopic (exact) mass is 455 g/mol. The van der Waals surface area contributed by atoms with Crippen molar-refractivity contribution in [3.63, 3.8) is 0 Å². The molecule has 4 rings (SSSR count). The highest BCUT2D eigenvalue weighted by molar-refractivity contribution is 7.80. The van der Waals surface area contributed by atoms with E-state index in [9.17, 15) is 14.9 Å². The lowest BCUT2D eigenvalue weighted by atomic mass is 10.1. The summed E-state index contributed by atoms with van der Waals surface area (Å²) in [6, 6.07) is 8.63. The molecule has 31 heavy (non-hydrogen) atoms. The number of anilines is 2. The Balaban J connectivity index is 1.48. The van der Waals surface area contributed by atoms with Crippen LogP contribution in [0.15, 0.2) is 30.3 Å². The van der Waals surface area contributed by atoms with Crippen LogP contribution in [-0.4, -0.2) is 34.0 Å². The van der Waals surface area contributed by atoms with Gasteiger partial charge in [0.15, 0.2) is 10.2 Å². The van der Waals surface area contributed by atoms with Crippen LogP contribution in [0.1, 0.15) is 34.3 Å². The Labute approximate surface area is 188 Å². The minimum absolute atomic E-state index is 0.0783. The van der Waals surface area contributed by atoms with Crippen molar-refractivity contribution in [2.75, 3.05) is 23.3 Å². The molecule has 8 nitrogen and oxygen atoms in total. The number of hydrogen-bond donors (Lipinski definition) is 2. The van der Waals surface area contributed by atoms with Gasteiger partial charge in [0.2, 0.25) is 0 Å². The van der Waals surface area contributed by atoms with Crippen LogP contribution in [0.4, 0.5) is 16.5 Å². The minimum atomic E-state index is -0.512. The van der Waals surface area contributed by atoms with E-state index in [0.29, 0.717) is 10.8 Å². The molecule has 1 aliphatic rings. The summed E-state index contributed by atoms with van der Waals surface area (Å²) < 4.78 is 1.03. The number of thiocarbonyl (C=S) groups is 1. The lowest BCUT2D eigenvalue weighted by Crippen LogP contribution is -2.34. The predicted octanol–water partition coefficient (Wildman–Crippen LogP) is 4.55. The number of thiazole rings is 1. The van der Waals surface area contributed by atoms with Gasteiger partial charge in [-0.15, -0.1) is 0 Å². The standard InChI is InChI=1S/C21H21N5O3S2/c1-12-9-13(2)18-17(10-12)31-21(22-18)24-20(30)23-19(27)14-5-6-15(16(11-14)26(28)29)25-7-3-4-8-25/h5-6,9-11H,3-4,7-8H2,1-2H3,(H2,22,23,24,27,30). The van der Waals surface area contributed by atoms with Crippen LogP contribution in [0.2, 0.25) is 0 Å². The Morgan fingerprint density at radius 3 is 2.68 bits per heavy atom. The fourth-order valence-corrected chi connectivity index (χ4v) is 5.06. The van der Waals surface area contributed by atoms with Crippen LogP contribution in [0, 0.1) is 24.0 Å². The molecular formula is C21H21N5O3S2. The Morgan fingerprint density at radius 1 is 1.23 bits per heavy atom. The van der Waals surface area contributed by atoms with E-state index < -0.39 is 10.8 Å². The van der Waals surface area contributed by atoms with Gasteiger partial charge in [-0.25, -0.2) is 4.98 Å². The van der Waals surface area contributed by atoms with Crippen molar-refractivity contribution in [1.29, 1.82) is 0 Å². The molecule has 1 amide bonds. The first-order valence-corrected chi connectivity index (χ1v) is 11.1. The first kappa shape index (κ1) is 21.1. The topological polar surface area (TPSA) is 100 Å². The van der Waals surface area contributed by atoms with E-state index in [-0.39, 0.29) is 16.4 Å². The van der Waals surface area contributed by atoms with Crippen LogP contribution in [0.3, 0.4) is 0 Å². The molecule has 0 bridgehead atoms.